The number of ether oxygens (including phenoxy) is 2. The molecule has 1 aromatic carbocycles. The zero-order valence-corrected chi connectivity index (χ0v) is 17.7. The number of hydrogen-bond acceptors (Lipinski definition) is 4. The van der Waals surface area contributed by atoms with E-state index in [1.807, 2.05) is 46.8 Å². The lowest BCUT2D eigenvalue weighted by Crippen LogP contribution is -2.21. The van der Waals surface area contributed by atoms with Gasteiger partial charge in [-0.05, 0) is 63.3 Å². The Hall–Kier alpha value is -2.10. The molecule has 0 aromatic heterocycles. The van der Waals surface area contributed by atoms with Crippen molar-refractivity contribution in [2.24, 2.45) is 5.92 Å². The fourth-order valence-electron chi connectivity index (χ4n) is 2.26. The van der Waals surface area contributed by atoms with Crippen LogP contribution in [0.2, 0.25) is 0 Å². The Labute approximate surface area is 158 Å². The molecular formula is C22H34O4. The van der Waals surface area contributed by atoms with E-state index < -0.39 is 0 Å². The molecule has 0 aliphatic heterocycles. The average molecular weight is 363 g/mol. The quantitative estimate of drug-likeness (QED) is 0.510. The highest BCUT2D eigenvalue weighted by Gasteiger charge is 2.12. The molecular weight excluding hydrogens is 328 g/mol. The lowest BCUT2D eigenvalue weighted by Gasteiger charge is -2.17. The minimum Gasteiger partial charge on any atom is -0.496 e. The predicted molar refractivity (Wildman–Crippen MR) is 108 cm³/mol. The molecule has 0 aliphatic carbocycles. The van der Waals surface area contributed by atoms with Gasteiger partial charge >= 0.3 is 5.97 Å². The molecule has 146 valence electrons. The molecule has 0 aliphatic rings. The molecule has 0 bridgehead atoms. The first kappa shape index (κ1) is 23.9. The summed E-state index contributed by atoms with van der Waals surface area (Å²) in [6.45, 7) is 15.3. The van der Waals surface area contributed by atoms with E-state index in [4.69, 9.17) is 9.47 Å². The van der Waals surface area contributed by atoms with Gasteiger partial charge in [-0.3, -0.25) is 9.59 Å². The summed E-state index contributed by atoms with van der Waals surface area (Å²) in [6, 6.07) is 1.92. The van der Waals surface area contributed by atoms with Crippen LogP contribution in [0.25, 0.3) is 6.08 Å². The highest BCUT2D eigenvalue weighted by atomic mass is 16.6. The Morgan fingerprint density at radius 1 is 1.23 bits per heavy atom. The topological polar surface area (TPSA) is 52.6 Å². The first-order valence-electron chi connectivity index (χ1n) is 8.97. The van der Waals surface area contributed by atoms with E-state index in [0.717, 1.165) is 29.4 Å². The molecule has 0 saturated heterocycles. The van der Waals surface area contributed by atoms with Crippen molar-refractivity contribution in [3.63, 3.8) is 0 Å². The maximum atomic E-state index is 11.3. The van der Waals surface area contributed by atoms with Crippen LogP contribution < -0.4 is 4.74 Å². The summed E-state index contributed by atoms with van der Waals surface area (Å²) < 4.78 is 10.1. The van der Waals surface area contributed by atoms with E-state index in [1.165, 1.54) is 6.92 Å². The molecule has 0 saturated carbocycles. The van der Waals surface area contributed by atoms with Gasteiger partial charge in [-0.15, -0.1) is 0 Å². The number of aryl methyl sites for hydroxylation is 1. The zero-order chi connectivity index (χ0) is 20.5. The summed E-state index contributed by atoms with van der Waals surface area (Å²) >= 11 is 0. The molecule has 0 amide bonds. The van der Waals surface area contributed by atoms with Crippen LogP contribution >= 0.6 is 0 Å². The number of benzene rings is 1. The summed E-state index contributed by atoms with van der Waals surface area (Å²) in [5.41, 5.74) is 3.56. The van der Waals surface area contributed by atoms with E-state index in [2.05, 4.69) is 19.9 Å². The van der Waals surface area contributed by atoms with Crippen LogP contribution in [0.5, 0.6) is 5.75 Å². The highest BCUT2D eigenvalue weighted by molar-refractivity contribution is 5.87. The van der Waals surface area contributed by atoms with E-state index >= 15 is 0 Å². The van der Waals surface area contributed by atoms with Gasteiger partial charge in [0.15, 0.2) is 6.29 Å². The Kier molecular flexibility index (Phi) is 9.92. The van der Waals surface area contributed by atoms with Crippen LogP contribution in [0, 0.1) is 19.8 Å². The fraction of sp³-hybridized carbons (Fsp3) is 0.545. The third kappa shape index (κ3) is 8.32. The minimum absolute atomic E-state index is 0.225. The molecule has 1 atom stereocenters. The van der Waals surface area contributed by atoms with Gasteiger partial charge in [0.2, 0.25) is 0 Å². The average Bonchev–Trinajstić information content (AvgIpc) is 2.53. The maximum absolute atomic E-state index is 11.3. The largest absolute Gasteiger partial charge is 0.496 e. The van der Waals surface area contributed by atoms with Crippen LogP contribution in [-0.2, 0) is 9.53 Å². The van der Waals surface area contributed by atoms with Crippen molar-refractivity contribution in [2.75, 3.05) is 7.11 Å². The summed E-state index contributed by atoms with van der Waals surface area (Å²) in [5, 5.41) is 0. The van der Waals surface area contributed by atoms with Gasteiger partial charge < -0.3 is 9.47 Å². The molecule has 0 N–H and O–H groups in total. The maximum Gasteiger partial charge on any atom is 0.303 e. The van der Waals surface area contributed by atoms with E-state index in [9.17, 15) is 9.59 Å². The fourth-order valence-corrected chi connectivity index (χ4v) is 2.26. The van der Waals surface area contributed by atoms with Crippen molar-refractivity contribution in [3.8, 4) is 5.75 Å². The summed E-state index contributed by atoms with van der Waals surface area (Å²) in [4.78, 5) is 21.5. The van der Waals surface area contributed by atoms with Gasteiger partial charge in [-0.1, -0.05) is 32.4 Å². The normalized spacial score (nSPS) is 12.2. The number of methoxy groups -OCH3 is 1. The van der Waals surface area contributed by atoms with E-state index in [1.54, 1.807) is 7.11 Å². The van der Waals surface area contributed by atoms with Crippen molar-refractivity contribution < 1.29 is 19.1 Å². The molecule has 0 radical (unpaired) electrons. The lowest BCUT2D eigenvalue weighted by atomic mass is 9.95. The third-order valence-electron chi connectivity index (χ3n) is 3.92. The van der Waals surface area contributed by atoms with Crippen LogP contribution in [0.4, 0.5) is 0 Å². The number of carbonyl (C=O) groups excluding carboxylic acids is 2. The summed E-state index contributed by atoms with van der Waals surface area (Å²) in [5.74, 6) is 0.935. The van der Waals surface area contributed by atoms with Crippen LogP contribution in [0.1, 0.15) is 75.0 Å². The van der Waals surface area contributed by atoms with Gasteiger partial charge in [-0.2, -0.15) is 0 Å². The summed E-state index contributed by atoms with van der Waals surface area (Å²) in [7, 11) is 1.60. The molecule has 26 heavy (non-hydrogen) atoms. The second kappa shape index (κ2) is 10.8. The lowest BCUT2D eigenvalue weighted by molar-refractivity contribution is -0.151. The van der Waals surface area contributed by atoms with Crippen LogP contribution in [0.3, 0.4) is 0 Å². The van der Waals surface area contributed by atoms with Crippen LogP contribution in [0.15, 0.2) is 12.1 Å². The van der Waals surface area contributed by atoms with E-state index in [0.29, 0.717) is 17.2 Å². The number of rotatable bonds is 5. The molecule has 4 heteroatoms. The second-order valence-corrected chi connectivity index (χ2v) is 7.42. The Balaban J connectivity index is 0.000000660. The zero-order valence-electron chi connectivity index (χ0n) is 17.7. The Morgan fingerprint density at radius 3 is 2.15 bits per heavy atom. The van der Waals surface area contributed by atoms with Gasteiger partial charge in [0.1, 0.15) is 11.4 Å². The number of allylic oxidation sites excluding steroid dienone is 1. The third-order valence-corrected chi connectivity index (χ3v) is 3.92. The van der Waals surface area contributed by atoms with Gasteiger partial charge in [0, 0.05) is 6.92 Å². The first-order chi connectivity index (χ1) is 12.0. The van der Waals surface area contributed by atoms with Gasteiger partial charge in [0.25, 0.3) is 0 Å². The molecule has 0 spiro atoms. The van der Waals surface area contributed by atoms with Crippen molar-refractivity contribution in [3.05, 3.63) is 34.4 Å². The molecule has 1 rings (SSSR count). The monoisotopic (exact) mass is 362 g/mol. The molecule has 1 unspecified atom stereocenters. The molecule has 4 nitrogen and oxygen atoms in total. The molecule has 1 aromatic rings. The van der Waals surface area contributed by atoms with Crippen molar-refractivity contribution >= 4 is 18.3 Å². The van der Waals surface area contributed by atoms with Crippen molar-refractivity contribution in [1.29, 1.82) is 0 Å². The molecule has 0 fully saturated rings. The minimum atomic E-state index is -0.328. The van der Waals surface area contributed by atoms with Gasteiger partial charge in [-0.25, -0.2) is 0 Å². The Bertz CT molecular complexity index is 637. The number of esters is 1. The Morgan fingerprint density at radius 2 is 1.81 bits per heavy atom. The standard InChI is InChI=1S/C16H22O2.C6H12O2/c1-6-11(2)7-8-14-13(4)12(3)9-16(18-5)15(14)10-17;1-5(7)8-6(2,3)4/h7-11H,6H2,1-5H3;1-4H3/b8-7-;. The first-order valence-corrected chi connectivity index (χ1v) is 8.97. The van der Waals surface area contributed by atoms with Crippen molar-refractivity contribution in [2.45, 2.75) is 67.4 Å². The van der Waals surface area contributed by atoms with Gasteiger partial charge in [0.05, 0.1) is 12.7 Å². The highest BCUT2D eigenvalue weighted by Crippen LogP contribution is 2.28. The predicted octanol–water partition coefficient (Wildman–Crippen LogP) is 5.53. The number of carbonyl (C=O) groups is 2. The number of aldehydes is 1. The second-order valence-electron chi connectivity index (χ2n) is 7.42. The van der Waals surface area contributed by atoms with Crippen molar-refractivity contribution in [1.82, 2.24) is 0 Å². The number of hydrogen-bond donors (Lipinski definition) is 0. The molecule has 0 heterocycles. The van der Waals surface area contributed by atoms with E-state index in [-0.39, 0.29) is 11.6 Å². The van der Waals surface area contributed by atoms with Crippen LogP contribution in [-0.4, -0.2) is 25.0 Å². The smallest absolute Gasteiger partial charge is 0.303 e. The summed E-state index contributed by atoms with van der Waals surface area (Å²) in [6.07, 6.45) is 6.16. The SMILES string of the molecule is CC(=O)OC(C)(C)C.CCC(C)/C=C\c1c(C)c(C)cc(OC)c1C=O.